The second-order valence-corrected chi connectivity index (χ2v) is 5.06. The van der Waals surface area contributed by atoms with Crippen LogP contribution in [0.15, 0.2) is 0 Å². The smallest absolute Gasteiger partial charge is 0.0465 e. The van der Waals surface area contributed by atoms with Gasteiger partial charge in [0.25, 0.3) is 0 Å². The first-order valence-corrected chi connectivity index (χ1v) is 6.47. The Balaban J connectivity index is 2.24. The summed E-state index contributed by atoms with van der Waals surface area (Å²) in [4.78, 5) is 2.65. The summed E-state index contributed by atoms with van der Waals surface area (Å²) in [6.45, 7) is 9.50. The Hall–Kier alpha value is -0.0800. The number of hydrogen-bond donors (Lipinski definition) is 0. The molecule has 1 aliphatic heterocycles. The van der Waals surface area contributed by atoms with Gasteiger partial charge in [-0.2, -0.15) is 0 Å². The van der Waals surface area contributed by atoms with Gasteiger partial charge in [0.05, 0.1) is 0 Å². The molecule has 2 heteroatoms. The molecule has 1 unspecified atom stereocenters. The maximum atomic E-state index is 5.17. The molecule has 1 heterocycles. The van der Waals surface area contributed by atoms with Crippen LogP contribution < -0.4 is 0 Å². The Morgan fingerprint density at radius 1 is 1.47 bits per heavy atom. The minimum absolute atomic E-state index is 0.829. The second kappa shape index (κ2) is 7.24. The van der Waals surface area contributed by atoms with Crippen LogP contribution in [-0.4, -0.2) is 38.3 Å². The molecule has 15 heavy (non-hydrogen) atoms. The molecule has 0 aliphatic carbocycles. The fourth-order valence-electron chi connectivity index (χ4n) is 2.53. The monoisotopic (exact) mass is 213 g/mol. The average molecular weight is 213 g/mol. The van der Waals surface area contributed by atoms with Gasteiger partial charge in [-0.3, -0.25) is 0 Å². The third kappa shape index (κ3) is 4.98. The van der Waals surface area contributed by atoms with E-state index in [0.29, 0.717) is 0 Å². The SMILES string of the molecule is CCC(CCOC)CN1CCC[C@H](C)C1. The zero-order valence-corrected chi connectivity index (χ0v) is 10.7. The molecule has 0 spiro atoms. The predicted molar refractivity (Wildman–Crippen MR) is 65.1 cm³/mol. The molecular formula is C13H27NO. The van der Waals surface area contributed by atoms with E-state index in [9.17, 15) is 0 Å². The van der Waals surface area contributed by atoms with Gasteiger partial charge >= 0.3 is 0 Å². The zero-order chi connectivity index (χ0) is 11.1. The van der Waals surface area contributed by atoms with Gasteiger partial charge in [-0.15, -0.1) is 0 Å². The van der Waals surface area contributed by atoms with Gasteiger partial charge in [0.2, 0.25) is 0 Å². The number of likely N-dealkylation sites (tertiary alicyclic amines) is 1. The lowest BCUT2D eigenvalue weighted by Crippen LogP contribution is -2.37. The molecule has 0 amide bonds. The lowest BCUT2D eigenvalue weighted by atomic mass is 9.97. The summed E-state index contributed by atoms with van der Waals surface area (Å²) in [5, 5.41) is 0. The average Bonchev–Trinajstić information content (AvgIpc) is 2.24. The molecule has 2 nitrogen and oxygen atoms in total. The van der Waals surface area contributed by atoms with E-state index in [1.807, 2.05) is 0 Å². The minimum atomic E-state index is 0.829. The first-order valence-electron chi connectivity index (χ1n) is 6.47. The highest BCUT2D eigenvalue weighted by molar-refractivity contribution is 4.72. The molecule has 1 fully saturated rings. The quantitative estimate of drug-likeness (QED) is 0.672. The fraction of sp³-hybridized carbons (Fsp3) is 1.00. The molecule has 0 bridgehead atoms. The van der Waals surface area contributed by atoms with Crippen molar-refractivity contribution < 1.29 is 4.74 Å². The number of hydrogen-bond acceptors (Lipinski definition) is 2. The summed E-state index contributed by atoms with van der Waals surface area (Å²) in [5.41, 5.74) is 0. The normalized spacial score (nSPS) is 25.4. The van der Waals surface area contributed by atoms with Crippen molar-refractivity contribution in [2.75, 3.05) is 33.4 Å². The molecule has 90 valence electrons. The van der Waals surface area contributed by atoms with Crippen molar-refractivity contribution >= 4 is 0 Å². The highest BCUT2D eigenvalue weighted by atomic mass is 16.5. The van der Waals surface area contributed by atoms with Gasteiger partial charge in [-0.25, -0.2) is 0 Å². The maximum absolute atomic E-state index is 5.17. The van der Waals surface area contributed by atoms with Gasteiger partial charge in [-0.1, -0.05) is 20.3 Å². The summed E-state index contributed by atoms with van der Waals surface area (Å²) in [6.07, 6.45) is 5.32. The highest BCUT2D eigenvalue weighted by Crippen LogP contribution is 2.18. The standard InChI is InChI=1S/C13H27NO/c1-4-13(7-9-15-3)11-14-8-5-6-12(2)10-14/h12-13H,4-11H2,1-3H3/t12-,13?/m0/s1. The van der Waals surface area contributed by atoms with Crippen LogP contribution >= 0.6 is 0 Å². The Labute approximate surface area is 95.0 Å². The van der Waals surface area contributed by atoms with Crippen molar-refractivity contribution in [2.45, 2.75) is 39.5 Å². The third-order valence-electron chi connectivity index (χ3n) is 3.57. The summed E-state index contributed by atoms with van der Waals surface area (Å²) in [5.74, 6) is 1.73. The predicted octanol–water partition coefficient (Wildman–Crippen LogP) is 2.78. The minimum Gasteiger partial charge on any atom is -0.385 e. The van der Waals surface area contributed by atoms with Crippen LogP contribution in [0, 0.1) is 11.8 Å². The van der Waals surface area contributed by atoms with Gasteiger partial charge in [0.1, 0.15) is 0 Å². The van der Waals surface area contributed by atoms with Crippen molar-refractivity contribution in [1.82, 2.24) is 4.90 Å². The van der Waals surface area contributed by atoms with Crippen molar-refractivity contribution in [3.05, 3.63) is 0 Å². The molecule has 0 saturated carbocycles. The van der Waals surface area contributed by atoms with Crippen molar-refractivity contribution in [3.8, 4) is 0 Å². The number of methoxy groups -OCH3 is 1. The number of piperidine rings is 1. The van der Waals surface area contributed by atoms with Gasteiger partial charge in [0, 0.05) is 26.8 Å². The molecular weight excluding hydrogens is 186 g/mol. The summed E-state index contributed by atoms with van der Waals surface area (Å²) in [6, 6.07) is 0. The maximum Gasteiger partial charge on any atom is 0.0465 e. The molecule has 0 aromatic carbocycles. The number of rotatable bonds is 6. The molecule has 1 rings (SSSR count). The van der Waals surface area contributed by atoms with Crippen LogP contribution in [0.2, 0.25) is 0 Å². The van der Waals surface area contributed by atoms with E-state index in [1.165, 1.54) is 45.3 Å². The summed E-state index contributed by atoms with van der Waals surface area (Å²) in [7, 11) is 1.80. The largest absolute Gasteiger partial charge is 0.385 e. The Bertz CT molecular complexity index is 161. The fourth-order valence-corrected chi connectivity index (χ4v) is 2.53. The zero-order valence-electron chi connectivity index (χ0n) is 10.7. The lowest BCUT2D eigenvalue weighted by molar-refractivity contribution is 0.129. The van der Waals surface area contributed by atoms with E-state index in [1.54, 1.807) is 7.11 Å². The van der Waals surface area contributed by atoms with Crippen LogP contribution in [0.1, 0.15) is 39.5 Å². The van der Waals surface area contributed by atoms with Crippen molar-refractivity contribution in [3.63, 3.8) is 0 Å². The Kier molecular flexibility index (Phi) is 6.26. The second-order valence-electron chi connectivity index (χ2n) is 5.06. The Morgan fingerprint density at radius 2 is 2.27 bits per heavy atom. The number of ether oxygens (including phenoxy) is 1. The van der Waals surface area contributed by atoms with Gasteiger partial charge < -0.3 is 9.64 Å². The molecule has 0 aromatic rings. The van der Waals surface area contributed by atoms with Crippen LogP contribution in [0.3, 0.4) is 0 Å². The summed E-state index contributed by atoms with van der Waals surface area (Å²) >= 11 is 0. The summed E-state index contributed by atoms with van der Waals surface area (Å²) < 4.78 is 5.17. The molecule has 1 aliphatic rings. The Morgan fingerprint density at radius 3 is 2.87 bits per heavy atom. The van der Waals surface area contributed by atoms with Crippen LogP contribution in [0.25, 0.3) is 0 Å². The van der Waals surface area contributed by atoms with Gasteiger partial charge in [0.15, 0.2) is 0 Å². The van der Waals surface area contributed by atoms with Crippen LogP contribution in [0.5, 0.6) is 0 Å². The lowest BCUT2D eigenvalue weighted by Gasteiger charge is -2.33. The molecule has 0 radical (unpaired) electrons. The van der Waals surface area contributed by atoms with E-state index < -0.39 is 0 Å². The topological polar surface area (TPSA) is 12.5 Å². The van der Waals surface area contributed by atoms with Crippen molar-refractivity contribution in [1.29, 1.82) is 0 Å². The van der Waals surface area contributed by atoms with E-state index in [-0.39, 0.29) is 0 Å². The molecule has 0 aromatic heterocycles. The van der Waals surface area contributed by atoms with Crippen LogP contribution in [0.4, 0.5) is 0 Å². The molecule has 0 N–H and O–H groups in total. The van der Waals surface area contributed by atoms with E-state index in [4.69, 9.17) is 4.74 Å². The number of nitrogens with zero attached hydrogens (tertiary/aromatic N) is 1. The van der Waals surface area contributed by atoms with Gasteiger partial charge in [-0.05, 0) is 37.6 Å². The molecule has 2 atom stereocenters. The first kappa shape index (κ1) is 13.0. The van der Waals surface area contributed by atoms with E-state index in [2.05, 4.69) is 18.7 Å². The van der Waals surface area contributed by atoms with Crippen molar-refractivity contribution in [2.24, 2.45) is 11.8 Å². The first-order chi connectivity index (χ1) is 7.26. The van der Waals surface area contributed by atoms with E-state index >= 15 is 0 Å². The van der Waals surface area contributed by atoms with E-state index in [0.717, 1.165) is 18.4 Å². The van der Waals surface area contributed by atoms with Crippen LogP contribution in [-0.2, 0) is 4.74 Å². The third-order valence-corrected chi connectivity index (χ3v) is 3.57. The highest BCUT2D eigenvalue weighted by Gasteiger charge is 2.18. The molecule has 1 saturated heterocycles.